The van der Waals surface area contributed by atoms with Gasteiger partial charge in [0.15, 0.2) is 0 Å². The van der Waals surface area contributed by atoms with E-state index in [9.17, 15) is 18.0 Å². The zero-order chi connectivity index (χ0) is 24.1. The molecule has 10 heteroatoms. The molecule has 4 rings (SSSR count). The first-order valence-electron chi connectivity index (χ1n) is 10.4. The minimum atomic E-state index is -5.08. The van der Waals surface area contributed by atoms with Gasteiger partial charge >= 0.3 is 12.1 Å². The third-order valence-corrected chi connectivity index (χ3v) is 6.97. The summed E-state index contributed by atoms with van der Waals surface area (Å²) >= 11 is 1.96. The van der Waals surface area contributed by atoms with Crippen molar-refractivity contribution in [2.45, 2.75) is 43.4 Å². The summed E-state index contributed by atoms with van der Waals surface area (Å²) in [6.45, 7) is 4.34. The number of rotatable bonds is 5. The van der Waals surface area contributed by atoms with Crippen molar-refractivity contribution in [1.82, 2.24) is 9.88 Å². The van der Waals surface area contributed by atoms with Gasteiger partial charge in [0, 0.05) is 25.0 Å². The smallest absolute Gasteiger partial charge is 0.475 e. The van der Waals surface area contributed by atoms with E-state index < -0.39 is 12.1 Å². The van der Waals surface area contributed by atoms with Crippen LogP contribution in [-0.2, 0) is 27.4 Å². The van der Waals surface area contributed by atoms with Crippen LogP contribution >= 0.6 is 11.8 Å². The molecule has 2 aliphatic heterocycles. The van der Waals surface area contributed by atoms with Crippen molar-refractivity contribution >= 4 is 23.6 Å². The molecule has 178 valence electrons. The number of pyridine rings is 1. The Morgan fingerprint density at radius 2 is 1.88 bits per heavy atom. The Bertz CT molecular complexity index is 948. The Labute approximate surface area is 194 Å². The van der Waals surface area contributed by atoms with Crippen LogP contribution in [0.15, 0.2) is 48.7 Å². The van der Waals surface area contributed by atoms with Crippen molar-refractivity contribution in [2.75, 3.05) is 18.8 Å². The number of nitrogens with zero attached hydrogens (tertiary/aromatic N) is 2. The van der Waals surface area contributed by atoms with Crippen molar-refractivity contribution in [1.29, 1.82) is 0 Å². The van der Waals surface area contributed by atoms with E-state index in [1.54, 1.807) is 6.20 Å². The lowest BCUT2D eigenvalue weighted by molar-refractivity contribution is -0.192. The molecular formula is C23H25F3N2O4S. The monoisotopic (exact) mass is 482 g/mol. The second kappa shape index (κ2) is 10.6. The van der Waals surface area contributed by atoms with Gasteiger partial charge in [0.25, 0.3) is 0 Å². The number of aromatic nitrogens is 1. The minimum Gasteiger partial charge on any atom is -0.475 e. The summed E-state index contributed by atoms with van der Waals surface area (Å²) in [5, 5.41) is 7.12. The van der Waals surface area contributed by atoms with Crippen molar-refractivity contribution < 1.29 is 32.6 Å². The summed E-state index contributed by atoms with van der Waals surface area (Å²) < 4.78 is 38.0. The van der Waals surface area contributed by atoms with E-state index in [1.807, 2.05) is 34.9 Å². The van der Waals surface area contributed by atoms with Gasteiger partial charge in [-0.2, -0.15) is 13.2 Å². The van der Waals surface area contributed by atoms with Crippen LogP contribution in [0.3, 0.4) is 0 Å². The van der Waals surface area contributed by atoms with Crippen molar-refractivity contribution in [2.24, 2.45) is 0 Å². The number of halogens is 3. The highest BCUT2D eigenvalue weighted by Gasteiger charge is 2.50. The maximum Gasteiger partial charge on any atom is 0.490 e. The summed E-state index contributed by atoms with van der Waals surface area (Å²) in [7, 11) is 0. The molecule has 3 heterocycles. The number of thioether (sulfide) groups is 1. The number of carboxylic acid groups (broad SMARTS) is 1. The minimum absolute atomic E-state index is 0.206. The second-order valence-electron chi connectivity index (χ2n) is 8.17. The molecule has 0 radical (unpaired) electrons. The van der Waals surface area contributed by atoms with Gasteiger partial charge in [-0.15, -0.1) is 11.8 Å². The Hall–Kier alpha value is -2.59. The molecule has 0 bridgehead atoms. The van der Waals surface area contributed by atoms with Gasteiger partial charge in [0.1, 0.15) is 0 Å². The molecule has 1 unspecified atom stereocenters. The predicted molar refractivity (Wildman–Crippen MR) is 118 cm³/mol. The third-order valence-electron chi connectivity index (χ3n) is 5.40. The lowest BCUT2D eigenvalue weighted by atomic mass is 9.92. The van der Waals surface area contributed by atoms with Crippen molar-refractivity contribution in [3.63, 3.8) is 0 Å². The van der Waals surface area contributed by atoms with Crippen molar-refractivity contribution in [3.8, 4) is 0 Å². The third kappa shape index (κ3) is 7.20. The lowest BCUT2D eigenvalue weighted by Gasteiger charge is -2.47. The van der Waals surface area contributed by atoms with E-state index in [0.717, 1.165) is 36.5 Å². The van der Waals surface area contributed by atoms with Gasteiger partial charge in [-0.25, -0.2) is 4.79 Å². The van der Waals surface area contributed by atoms with Crippen LogP contribution in [0.4, 0.5) is 13.2 Å². The number of aliphatic carboxylic acids is 1. The Balaban J connectivity index is 0.000000383. The number of hydrogen-bond acceptors (Lipinski definition) is 5. The van der Waals surface area contributed by atoms with Crippen LogP contribution in [0.25, 0.3) is 0 Å². The highest BCUT2D eigenvalue weighted by atomic mass is 32.2. The predicted octanol–water partition coefficient (Wildman–Crippen LogP) is 3.87. The molecule has 6 nitrogen and oxygen atoms in total. The highest BCUT2D eigenvalue weighted by molar-refractivity contribution is 8.01. The van der Waals surface area contributed by atoms with Gasteiger partial charge in [-0.3, -0.25) is 9.78 Å². The maximum atomic E-state index is 12.5. The molecule has 2 aliphatic rings. The van der Waals surface area contributed by atoms with E-state index in [2.05, 4.69) is 36.2 Å². The SMILES string of the molecule is Cc1ccc(CC(=O)N2CC3(CC(OCc4ccccn4)CS3)C2)cc1.O=C(O)C(F)(F)F. The number of aryl methyl sites for hydroxylation is 1. The summed E-state index contributed by atoms with van der Waals surface area (Å²) in [4.78, 5) is 27.7. The van der Waals surface area contributed by atoms with E-state index in [1.165, 1.54) is 5.56 Å². The van der Waals surface area contributed by atoms with Crippen LogP contribution in [0.5, 0.6) is 0 Å². The molecule has 2 fully saturated rings. The Kier molecular flexibility index (Phi) is 8.01. The lowest BCUT2D eigenvalue weighted by Crippen LogP contribution is -2.61. The van der Waals surface area contributed by atoms with Gasteiger partial charge in [-0.1, -0.05) is 35.9 Å². The van der Waals surface area contributed by atoms with Gasteiger partial charge in [-0.05, 0) is 31.0 Å². The molecule has 0 aliphatic carbocycles. The molecule has 1 N–H and O–H groups in total. The number of likely N-dealkylation sites (tertiary alicyclic amines) is 1. The standard InChI is InChI=1S/C21H24N2O2S.C2HF3O2/c1-16-5-7-17(8-6-16)10-20(24)23-14-21(15-23)11-19(13-26-21)25-12-18-4-2-3-9-22-18;3-2(4,5)1(6)7/h2-9,19H,10-15H2,1H3;(H,6,7). The van der Waals surface area contributed by atoms with E-state index in [-0.39, 0.29) is 16.8 Å². The first-order chi connectivity index (χ1) is 15.6. The van der Waals surface area contributed by atoms with Gasteiger partial charge in [0.05, 0.1) is 29.6 Å². The van der Waals surface area contributed by atoms with E-state index in [4.69, 9.17) is 14.6 Å². The van der Waals surface area contributed by atoms with E-state index in [0.29, 0.717) is 13.0 Å². The number of benzene rings is 1. The number of hydrogen-bond donors (Lipinski definition) is 1. The fourth-order valence-electron chi connectivity index (χ4n) is 3.63. The zero-order valence-electron chi connectivity index (χ0n) is 18.0. The molecule has 2 saturated heterocycles. The van der Waals surface area contributed by atoms with Crippen molar-refractivity contribution in [3.05, 3.63) is 65.5 Å². The molecule has 1 spiro atoms. The molecule has 33 heavy (non-hydrogen) atoms. The maximum absolute atomic E-state index is 12.5. The molecule has 2 aromatic rings. The zero-order valence-corrected chi connectivity index (χ0v) is 18.9. The number of carbonyl (C=O) groups excluding carboxylic acids is 1. The van der Waals surface area contributed by atoms with Crippen LogP contribution in [0.1, 0.15) is 23.2 Å². The number of carbonyl (C=O) groups is 2. The largest absolute Gasteiger partial charge is 0.490 e. The summed E-state index contributed by atoms with van der Waals surface area (Å²) in [5.74, 6) is -1.52. The first kappa shape index (κ1) is 25.0. The van der Waals surface area contributed by atoms with Crippen LogP contribution < -0.4 is 0 Å². The topological polar surface area (TPSA) is 79.7 Å². The van der Waals surface area contributed by atoms with E-state index >= 15 is 0 Å². The summed E-state index contributed by atoms with van der Waals surface area (Å²) in [5.41, 5.74) is 3.29. The quantitative estimate of drug-likeness (QED) is 0.697. The first-order valence-corrected chi connectivity index (χ1v) is 11.3. The molecule has 1 atom stereocenters. The molecule has 1 aromatic carbocycles. The van der Waals surface area contributed by atoms with Crippen LogP contribution in [-0.4, -0.2) is 62.7 Å². The molecule has 1 aromatic heterocycles. The summed E-state index contributed by atoms with van der Waals surface area (Å²) in [6.07, 6.45) is -1.50. The fourth-order valence-corrected chi connectivity index (χ4v) is 5.19. The van der Waals surface area contributed by atoms with Gasteiger partial charge < -0.3 is 14.7 Å². The highest BCUT2D eigenvalue weighted by Crippen LogP contribution is 2.46. The number of ether oxygens (including phenoxy) is 1. The molecule has 0 saturated carbocycles. The number of carboxylic acids is 1. The average molecular weight is 483 g/mol. The summed E-state index contributed by atoms with van der Waals surface area (Å²) in [6, 6.07) is 14.1. The van der Waals surface area contributed by atoms with Gasteiger partial charge in [0.2, 0.25) is 5.91 Å². The normalized spacial score (nSPS) is 18.9. The second-order valence-corrected chi connectivity index (χ2v) is 9.66. The Morgan fingerprint density at radius 3 is 2.45 bits per heavy atom. The number of amides is 1. The fraction of sp³-hybridized carbons (Fsp3) is 0.435. The molecule has 1 amide bonds. The molecular weight excluding hydrogens is 457 g/mol. The van der Waals surface area contributed by atoms with Crippen LogP contribution in [0, 0.1) is 6.92 Å². The Morgan fingerprint density at radius 1 is 1.21 bits per heavy atom. The average Bonchev–Trinajstić information content (AvgIpc) is 3.18. The number of alkyl halides is 3. The van der Waals surface area contributed by atoms with Crippen LogP contribution in [0.2, 0.25) is 0 Å².